The topological polar surface area (TPSA) is 9.23 Å². The van der Waals surface area contributed by atoms with Crippen LogP contribution in [0.4, 0.5) is 0 Å². The Labute approximate surface area is 93.4 Å². The zero-order valence-electron chi connectivity index (χ0n) is 9.96. The quantitative estimate of drug-likeness (QED) is 0.414. The first-order chi connectivity index (χ1) is 6.28. The third-order valence-electron chi connectivity index (χ3n) is 3.19. The van der Waals surface area contributed by atoms with Gasteiger partial charge in [-0.3, -0.25) is 0 Å². The van der Waals surface area contributed by atoms with Gasteiger partial charge in [0, 0.05) is 11.0 Å². The van der Waals surface area contributed by atoms with Gasteiger partial charge in [-0.1, -0.05) is 26.8 Å². The first-order valence-corrected chi connectivity index (χ1v) is 9.15. The molecule has 0 saturated carbocycles. The Balaban J connectivity index is 2.60. The molecule has 0 aromatic heterocycles. The molecule has 1 nitrogen and oxygen atoms in total. The Morgan fingerprint density at radius 3 is 2.29 bits per heavy atom. The number of thioether (sulfide) groups is 1. The lowest BCUT2D eigenvalue weighted by molar-refractivity contribution is 0.233. The van der Waals surface area contributed by atoms with Gasteiger partial charge in [-0.05, 0) is 18.1 Å². The molecule has 0 aliphatic carbocycles. The van der Waals surface area contributed by atoms with Gasteiger partial charge in [0.15, 0.2) is 8.32 Å². The van der Waals surface area contributed by atoms with Crippen molar-refractivity contribution in [2.24, 2.45) is 0 Å². The maximum absolute atomic E-state index is 6.28. The van der Waals surface area contributed by atoms with Gasteiger partial charge in [-0.15, -0.1) is 6.58 Å². The number of hydrogen-bond donors (Lipinski definition) is 0. The minimum atomic E-state index is -1.60. The van der Waals surface area contributed by atoms with Crippen molar-refractivity contribution in [3.05, 3.63) is 12.7 Å². The molecule has 2 unspecified atom stereocenters. The second-order valence-corrected chi connectivity index (χ2v) is 11.5. The molecular weight excluding hydrogens is 208 g/mol. The SMILES string of the molecule is C=CC(O[Si](C)(C)C(C)(C)C)C1CS1. The van der Waals surface area contributed by atoms with Crippen LogP contribution >= 0.6 is 11.8 Å². The van der Waals surface area contributed by atoms with Crippen molar-refractivity contribution in [3.8, 4) is 0 Å². The van der Waals surface area contributed by atoms with Gasteiger partial charge in [0.05, 0.1) is 6.10 Å². The first-order valence-electron chi connectivity index (χ1n) is 5.20. The molecule has 0 bridgehead atoms. The molecule has 2 atom stereocenters. The van der Waals surface area contributed by atoms with Crippen LogP contribution in [0, 0.1) is 0 Å². The Kier molecular flexibility index (Phi) is 3.55. The van der Waals surface area contributed by atoms with Crippen LogP contribution in [-0.2, 0) is 4.43 Å². The van der Waals surface area contributed by atoms with Gasteiger partial charge in [-0.25, -0.2) is 0 Å². The van der Waals surface area contributed by atoms with Crippen LogP contribution in [0.3, 0.4) is 0 Å². The van der Waals surface area contributed by atoms with E-state index in [0.717, 1.165) is 0 Å². The molecule has 3 heteroatoms. The molecule has 82 valence electrons. The largest absolute Gasteiger partial charge is 0.409 e. The third-order valence-corrected chi connectivity index (χ3v) is 8.66. The summed E-state index contributed by atoms with van der Waals surface area (Å²) in [6.45, 7) is 15.3. The van der Waals surface area contributed by atoms with E-state index < -0.39 is 8.32 Å². The van der Waals surface area contributed by atoms with Crippen LogP contribution in [0.1, 0.15) is 20.8 Å². The second kappa shape index (κ2) is 4.03. The molecule has 0 radical (unpaired) electrons. The summed E-state index contributed by atoms with van der Waals surface area (Å²) in [7, 11) is -1.60. The van der Waals surface area contributed by atoms with E-state index in [1.165, 1.54) is 5.75 Å². The summed E-state index contributed by atoms with van der Waals surface area (Å²) >= 11 is 1.98. The summed E-state index contributed by atoms with van der Waals surface area (Å²) in [5.74, 6) is 1.24. The monoisotopic (exact) mass is 230 g/mol. The van der Waals surface area contributed by atoms with Crippen molar-refractivity contribution in [3.63, 3.8) is 0 Å². The van der Waals surface area contributed by atoms with Crippen LogP contribution in [0.2, 0.25) is 18.1 Å². The molecule has 1 fully saturated rings. The standard InChI is InChI=1S/C11H22OSSi/c1-7-9(10-8-13-10)12-14(5,6)11(2,3)4/h7,9-10H,1,8H2,2-6H3. The fourth-order valence-corrected chi connectivity index (χ4v) is 3.09. The molecule has 0 N–H and O–H groups in total. The highest BCUT2D eigenvalue weighted by Crippen LogP contribution is 2.41. The van der Waals surface area contributed by atoms with Crippen LogP contribution in [0.5, 0.6) is 0 Å². The van der Waals surface area contributed by atoms with E-state index >= 15 is 0 Å². The summed E-state index contributed by atoms with van der Waals surface area (Å²) < 4.78 is 6.28. The van der Waals surface area contributed by atoms with Gasteiger partial charge >= 0.3 is 0 Å². The minimum absolute atomic E-state index is 0.279. The summed E-state index contributed by atoms with van der Waals surface area (Å²) in [6, 6.07) is 0. The van der Waals surface area contributed by atoms with E-state index in [9.17, 15) is 0 Å². The van der Waals surface area contributed by atoms with Gasteiger partial charge < -0.3 is 4.43 Å². The normalized spacial score (nSPS) is 24.5. The lowest BCUT2D eigenvalue weighted by Crippen LogP contribution is -2.44. The molecule has 0 spiro atoms. The van der Waals surface area contributed by atoms with Gasteiger partial charge in [-0.2, -0.15) is 11.8 Å². The Bertz CT molecular complexity index is 216. The van der Waals surface area contributed by atoms with Crippen molar-refractivity contribution in [1.29, 1.82) is 0 Å². The first kappa shape index (κ1) is 12.3. The molecule has 14 heavy (non-hydrogen) atoms. The van der Waals surface area contributed by atoms with Gasteiger partial charge in [0.2, 0.25) is 0 Å². The van der Waals surface area contributed by atoms with E-state index in [1.807, 2.05) is 17.8 Å². The zero-order chi connectivity index (χ0) is 11.0. The Hall–Kier alpha value is 0.267. The molecule has 1 aliphatic rings. The summed E-state index contributed by atoms with van der Waals surface area (Å²) in [5.41, 5.74) is 0. The van der Waals surface area contributed by atoms with E-state index in [0.29, 0.717) is 10.3 Å². The van der Waals surface area contributed by atoms with Gasteiger partial charge in [0.25, 0.3) is 0 Å². The summed E-state index contributed by atoms with van der Waals surface area (Å²) in [6.07, 6.45) is 2.26. The molecule has 0 amide bonds. The van der Waals surface area contributed by atoms with E-state index in [1.54, 1.807) is 0 Å². The van der Waals surface area contributed by atoms with Crippen molar-refractivity contribution < 1.29 is 4.43 Å². The van der Waals surface area contributed by atoms with Crippen LogP contribution in [0.25, 0.3) is 0 Å². The van der Waals surface area contributed by atoms with Crippen molar-refractivity contribution in [2.45, 2.75) is 50.3 Å². The molecule has 1 rings (SSSR count). The Morgan fingerprint density at radius 2 is 2.00 bits per heavy atom. The predicted molar refractivity (Wildman–Crippen MR) is 68.5 cm³/mol. The smallest absolute Gasteiger partial charge is 0.192 e. The van der Waals surface area contributed by atoms with Crippen molar-refractivity contribution in [2.75, 3.05) is 5.75 Å². The average molecular weight is 230 g/mol. The van der Waals surface area contributed by atoms with Crippen LogP contribution in [0.15, 0.2) is 12.7 Å². The second-order valence-electron chi connectivity index (χ2n) is 5.45. The highest BCUT2D eigenvalue weighted by atomic mass is 32.2. The molecule has 0 aromatic rings. The molecule has 0 aromatic carbocycles. The highest BCUT2D eigenvalue weighted by Gasteiger charge is 2.42. The fraction of sp³-hybridized carbons (Fsp3) is 0.818. The third kappa shape index (κ3) is 2.88. The van der Waals surface area contributed by atoms with Crippen LogP contribution in [-0.4, -0.2) is 25.4 Å². The minimum Gasteiger partial charge on any atom is -0.409 e. The lowest BCUT2D eigenvalue weighted by Gasteiger charge is -2.38. The number of rotatable bonds is 4. The molecule has 1 heterocycles. The lowest BCUT2D eigenvalue weighted by atomic mass is 10.2. The predicted octanol–water partition coefficient (Wildman–Crippen LogP) is 3.68. The van der Waals surface area contributed by atoms with Crippen molar-refractivity contribution >= 4 is 20.1 Å². The summed E-state index contributed by atoms with van der Waals surface area (Å²) in [5, 5.41) is 0.981. The highest BCUT2D eigenvalue weighted by molar-refractivity contribution is 8.07. The maximum Gasteiger partial charge on any atom is 0.192 e. The number of hydrogen-bond acceptors (Lipinski definition) is 2. The van der Waals surface area contributed by atoms with E-state index in [4.69, 9.17) is 4.43 Å². The summed E-state index contributed by atoms with van der Waals surface area (Å²) in [4.78, 5) is 0. The molecular formula is C11H22OSSi. The fourth-order valence-electron chi connectivity index (χ4n) is 1.04. The molecule has 1 aliphatic heterocycles. The Morgan fingerprint density at radius 1 is 1.50 bits per heavy atom. The van der Waals surface area contributed by atoms with Crippen molar-refractivity contribution in [1.82, 2.24) is 0 Å². The van der Waals surface area contributed by atoms with E-state index in [2.05, 4.69) is 40.4 Å². The maximum atomic E-state index is 6.28. The zero-order valence-corrected chi connectivity index (χ0v) is 11.8. The van der Waals surface area contributed by atoms with Crippen LogP contribution < -0.4 is 0 Å². The average Bonchev–Trinajstić information content (AvgIpc) is 2.80. The van der Waals surface area contributed by atoms with Gasteiger partial charge in [0.1, 0.15) is 0 Å². The molecule has 1 saturated heterocycles. The van der Waals surface area contributed by atoms with E-state index in [-0.39, 0.29) is 6.10 Å².